The molecule has 102 valence electrons. The predicted octanol–water partition coefficient (Wildman–Crippen LogP) is 3.03. The van der Waals surface area contributed by atoms with Crippen molar-refractivity contribution in [1.82, 2.24) is 5.43 Å². The summed E-state index contributed by atoms with van der Waals surface area (Å²) in [5.41, 5.74) is 4.68. The molecule has 2 N–H and O–H groups in total. The number of amides is 1. The number of phenolic OH excluding ortho intramolecular Hbond substituents is 1. The number of hydrogen-bond donors (Lipinski definition) is 2. The van der Waals surface area contributed by atoms with Gasteiger partial charge in [-0.15, -0.1) is 0 Å². The highest BCUT2D eigenvalue weighted by atomic mass is 35.5. The van der Waals surface area contributed by atoms with E-state index in [0.29, 0.717) is 11.4 Å². The topological polar surface area (TPSA) is 52.6 Å². The van der Waals surface area contributed by atoms with Gasteiger partial charge in [-0.1, -0.05) is 23.7 Å². The first-order valence-corrected chi connectivity index (χ1v) is 6.64. The van der Waals surface area contributed by atoms with E-state index in [0.717, 1.165) is 11.3 Å². The van der Waals surface area contributed by atoms with Crippen LogP contribution in [-0.4, -0.2) is 11.0 Å². The van der Waals surface area contributed by atoms with Crippen molar-refractivity contribution >= 4 is 23.2 Å². The molecular weight excluding hydrogens is 276 g/mol. The number of anilines is 1. The number of hydrazine groups is 1. The lowest BCUT2D eigenvalue weighted by Crippen LogP contribution is -2.34. The number of carbonyl (C=O) groups is 1. The van der Waals surface area contributed by atoms with Crippen LogP contribution in [0.1, 0.15) is 18.0 Å². The van der Waals surface area contributed by atoms with E-state index in [1.54, 1.807) is 24.3 Å². The smallest absolute Gasteiger partial charge is 0.241 e. The quantitative estimate of drug-likeness (QED) is 0.893. The minimum atomic E-state index is -0.0933. The number of benzene rings is 2. The molecule has 1 aliphatic heterocycles. The van der Waals surface area contributed by atoms with Crippen LogP contribution in [0.25, 0.3) is 0 Å². The Morgan fingerprint density at radius 3 is 2.40 bits per heavy atom. The lowest BCUT2D eigenvalue weighted by molar-refractivity contribution is -0.119. The minimum Gasteiger partial charge on any atom is -0.508 e. The zero-order valence-corrected chi connectivity index (χ0v) is 11.3. The Hall–Kier alpha value is -2.20. The van der Waals surface area contributed by atoms with Crippen LogP contribution in [0.3, 0.4) is 0 Å². The van der Waals surface area contributed by atoms with Crippen LogP contribution in [-0.2, 0) is 4.79 Å². The molecule has 0 aromatic heterocycles. The van der Waals surface area contributed by atoms with Crippen molar-refractivity contribution in [3.05, 3.63) is 59.1 Å². The monoisotopic (exact) mass is 288 g/mol. The first-order chi connectivity index (χ1) is 9.63. The molecule has 1 amide bonds. The van der Waals surface area contributed by atoms with Crippen LogP contribution in [0, 0.1) is 0 Å². The number of nitrogens with one attached hydrogen (secondary N) is 1. The van der Waals surface area contributed by atoms with Crippen LogP contribution >= 0.6 is 11.6 Å². The van der Waals surface area contributed by atoms with Gasteiger partial charge >= 0.3 is 0 Å². The molecule has 1 aliphatic rings. The van der Waals surface area contributed by atoms with Crippen LogP contribution in [0.5, 0.6) is 5.75 Å². The van der Waals surface area contributed by atoms with Gasteiger partial charge in [-0.25, -0.2) is 0 Å². The van der Waals surface area contributed by atoms with E-state index >= 15 is 0 Å². The molecule has 0 bridgehead atoms. The number of phenols is 1. The first kappa shape index (κ1) is 12.8. The molecule has 1 saturated heterocycles. The van der Waals surface area contributed by atoms with Crippen molar-refractivity contribution in [3.8, 4) is 5.75 Å². The third kappa shape index (κ3) is 2.42. The zero-order valence-electron chi connectivity index (χ0n) is 10.6. The van der Waals surface area contributed by atoms with Gasteiger partial charge in [0.1, 0.15) is 5.75 Å². The summed E-state index contributed by atoms with van der Waals surface area (Å²) in [6.45, 7) is 0. The molecule has 5 heteroatoms. The van der Waals surface area contributed by atoms with E-state index < -0.39 is 0 Å². The van der Waals surface area contributed by atoms with Crippen molar-refractivity contribution < 1.29 is 9.90 Å². The number of rotatable bonds is 2. The number of nitrogens with zero attached hydrogens (tertiary/aromatic N) is 1. The average Bonchev–Trinajstić information content (AvgIpc) is 2.82. The second-order valence-electron chi connectivity index (χ2n) is 4.69. The summed E-state index contributed by atoms with van der Waals surface area (Å²) in [6.07, 6.45) is 0.382. The largest absolute Gasteiger partial charge is 0.508 e. The van der Waals surface area contributed by atoms with Crippen molar-refractivity contribution in [2.75, 3.05) is 5.01 Å². The Kier molecular flexibility index (Phi) is 3.24. The van der Waals surface area contributed by atoms with Gasteiger partial charge < -0.3 is 5.11 Å². The number of halogens is 1. The molecule has 0 radical (unpaired) electrons. The van der Waals surface area contributed by atoms with Crippen molar-refractivity contribution in [3.63, 3.8) is 0 Å². The first-order valence-electron chi connectivity index (χ1n) is 6.27. The highest BCUT2D eigenvalue weighted by molar-refractivity contribution is 6.30. The lowest BCUT2D eigenvalue weighted by Gasteiger charge is -2.25. The molecule has 1 unspecified atom stereocenters. The Balaban J connectivity index is 1.94. The molecule has 20 heavy (non-hydrogen) atoms. The Morgan fingerprint density at radius 2 is 1.75 bits per heavy atom. The lowest BCUT2D eigenvalue weighted by atomic mass is 10.0. The molecule has 1 atom stereocenters. The van der Waals surface area contributed by atoms with E-state index in [1.165, 1.54) is 0 Å². The highest BCUT2D eigenvalue weighted by Crippen LogP contribution is 2.33. The summed E-state index contributed by atoms with van der Waals surface area (Å²) in [6, 6.07) is 14.1. The third-order valence-corrected chi connectivity index (χ3v) is 3.57. The molecule has 2 aromatic rings. The molecule has 4 nitrogen and oxygen atoms in total. The number of carbonyl (C=O) groups excluding carboxylic acids is 1. The maximum absolute atomic E-state index is 11.7. The predicted molar refractivity (Wildman–Crippen MR) is 77.5 cm³/mol. The molecular formula is C15H13ClN2O2. The summed E-state index contributed by atoms with van der Waals surface area (Å²) >= 11 is 5.88. The van der Waals surface area contributed by atoms with E-state index in [2.05, 4.69) is 5.43 Å². The summed E-state index contributed by atoms with van der Waals surface area (Å²) in [4.78, 5) is 11.7. The normalized spacial score (nSPS) is 18.1. The van der Waals surface area contributed by atoms with E-state index in [1.807, 2.05) is 29.3 Å². The molecule has 2 aromatic carbocycles. The second kappa shape index (κ2) is 5.06. The SMILES string of the molecule is O=C1CC(c2ccc(O)cc2)N(c2ccc(Cl)cc2)N1. The summed E-state index contributed by atoms with van der Waals surface area (Å²) in [7, 11) is 0. The van der Waals surface area contributed by atoms with Crippen molar-refractivity contribution in [2.45, 2.75) is 12.5 Å². The fraction of sp³-hybridized carbons (Fsp3) is 0.133. The van der Waals surface area contributed by atoms with E-state index in [-0.39, 0.29) is 17.7 Å². The van der Waals surface area contributed by atoms with Crippen molar-refractivity contribution in [2.24, 2.45) is 0 Å². The van der Waals surface area contributed by atoms with Gasteiger partial charge in [0, 0.05) is 5.02 Å². The highest BCUT2D eigenvalue weighted by Gasteiger charge is 2.31. The molecule has 3 rings (SSSR count). The number of aromatic hydroxyl groups is 1. The van der Waals surface area contributed by atoms with E-state index in [4.69, 9.17) is 11.6 Å². The number of hydrogen-bond acceptors (Lipinski definition) is 3. The molecule has 1 fully saturated rings. The van der Waals surface area contributed by atoms with Crippen molar-refractivity contribution in [1.29, 1.82) is 0 Å². The molecule has 1 heterocycles. The standard InChI is InChI=1S/C15H13ClN2O2/c16-11-3-5-12(6-4-11)18-14(9-15(20)17-18)10-1-7-13(19)8-2-10/h1-8,14,19H,9H2,(H,17,20). The van der Waals surface area contributed by atoms with Gasteiger partial charge in [0.05, 0.1) is 18.2 Å². The van der Waals surface area contributed by atoms with Crippen LogP contribution in [0.4, 0.5) is 5.69 Å². The molecule has 0 aliphatic carbocycles. The molecule has 0 spiro atoms. The van der Waals surface area contributed by atoms with Crippen LogP contribution in [0.15, 0.2) is 48.5 Å². The van der Waals surface area contributed by atoms with Gasteiger partial charge in [0.25, 0.3) is 0 Å². The third-order valence-electron chi connectivity index (χ3n) is 3.32. The second-order valence-corrected chi connectivity index (χ2v) is 5.13. The van der Waals surface area contributed by atoms with Crippen LogP contribution in [0.2, 0.25) is 5.02 Å². The minimum absolute atomic E-state index is 0.0296. The Bertz CT molecular complexity index is 570. The maximum atomic E-state index is 11.7. The fourth-order valence-corrected chi connectivity index (χ4v) is 2.46. The summed E-state index contributed by atoms with van der Waals surface area (Å²) in [5, 5.41) is 11.8. The Labute approximate surface area is 121 Å². The van der Waals surface area contributed by atoms with Gasteiger partial charge in [-0.3, -0.25) is 15.2 Å². The van der Waals surface area contributed by atoms with E-state index in [9.17, 15) is 9.90 Å². The Morgan fingerprint density at radius 1 is 1.10 bits per heavy atom. The fourth-order valence-electron chi connectivity index (χ4n) is 2.33. The van der Waals surface area contributed by atoms with Gasteiger partial charge in [0.2, 0.25) is 5.91 Å². The van der Waals surface area contributed by atoms with Gasteiger partial charge in [-0.2, -0.15) is 0 Å². The summed E-state index contributed by atoms with van der Waals surface area (Å²) in [5.74, 6) is 0.183. The van der Waals surface area contributed by atoms with Crippen LogP contribution < -0.4 is 10.4 Å². The van der Waals surface area contributed by atoms with Gasteiger partial charge in [0.15, 0.2) is 0 Å². The average molecular weight is 289 g/mol. The van der Waals surface area contributed by atoms with Gasteiger partial charge in [-0.05, 0) is 42.0 Å². The summed E-state index contributed by atoms with van der Waals surface area (Å²) < 4.78 is 0. The zero-order chi connectivity index (χ0) is 14.1. The maximum Gasteiger partial charge on any atom is 0.241 e. The molecule has 0 saturated carbocycles.